The predicted molar refractivity (Wildman–Crippen MR) is 79.5 cm³/mol. The van der Waals surface area contributed by atoms with Crippen LogP contribution in [0.25, 0.3) is 0 Å². The minimum absolute atomic E-state index is 0.157. The van der Waals surface area contributed by atoms with E-state index >= 15 is 0 Å². The Morgan fingerprint density at radius 2 is 2.00 bits per heavy atom. The highest BCUT2D eigenvalue weighted by molar-refractivity contribution is 14.1. The molecule has 0 aromatic heterocycles. The molecule has 0 spiro atoms. The molecule has 0 aliphatic carbocycles. The SMILES string of the molecule is CC(NC(=O)c1cc([N+](=O)[O-])ccc1I)C(C)C(=O)O. The van der Waals surface area contributed by atoms with Crippen LogP contribution in [0.2, 0.25) is 0 Å². The van der Waals surface area contributed by atoms with Crippen LogP contribution in [-0.4, -0.2) is 27.9 Å². The summed E-state index contributed by atoms with van der Waals surface area (Å²) in [6.45, 7) is 3.05. The number of nitrogens with zero attached hydrogens (tertiary/aromatic N) is 1. The van der Waals surface area contributed by atoms with Crippen LogP contribution in [0.4, 0.5) is 5.69 Å². The van der Waals surface area contributed by atoms with Gasteiger partial charge < -0.3 is 10.4 Å². The first-order chi connectivity index (χ1) is 9.23. The zero-order valence-corrected chi connectivity index (χ0v) is 12.9. The molecule has 1 aromatic rings. The highest BCUT2D eigenvalue weighted by atomic mass is 127. The summed E-state index contributed by atoms with van der Waals surface area (Å²) >= 11 is 1.89. The highest BCUT2D eigenvalue weighted by Gasteiger charge is 2.23. The third-order valence-electron chi connectivity index (χ3n) is 2.90. The van der Waals surface area contributed by atoms with Crippen LogP contribution in [-0.2, 0) is 4.79 Å². The molecule has 0 saturated heterocycles. The van der Waals surface area contributed by atoms with Crippen LogP contribution >= 0.6 is 22.6 Å². The molecule has 2 atom stereocenters. The van der Waals surface area contributed by atoms with E-state index in [-0.39, 0.29) is 11.3 Å². The molecule has 7 nitrogen and oxygen atoms in total. The summed E-state index contributed by atoms with van der Waals surface area (Å²) in [5, 5.41) is 22.1. The lowest BCUT2D eigenvalue weighted by Crippen LogP contribution is -2.40. The van der Waals surface area contributed by atoms with Gasteiger partial charge in [0.25, 0.3) is 11.6 Å². The van der Waals surface area contributed by atoms with Crippen LogP contribution < -0.4 is 5.32 Å². The number of aliphatic carboxylic acids is 1. The Bertz CT molecular complexity index is 561. The molecule has 0 heterocycles. The van der Waals surface area contributed by atoms with Crippen molar-refractivity contribution in [3.8, 4) is 0 Å². The summed E-state index contributed by atoms with van der Waals surface area (Å²) < 4.78 is 0.556. The van der Waals surface area contributed by atoms with E-state index in [1.54, 1.807) is 6.92 Å². The zero-order valence-electron chi connectivity index (χ0n) is 10.8. The van der Waals surface area contributed by atoms with Crippen LogP contribution in [0.15, 0.2) is 18.2 Å². The number of carbonyl (C=O) groups is 2. The van der Waals surface area contributed by atoms with E-state index < -0.39 is 28.8 Å². The Kier molecular flexibility index (Phi) is 5.43. The molecule has 1 aromatic carbocycles. The van der Waals surface area contributed by atoms with Crippen molar-refractivity contribution in [1.29, 1.82) is 0 Å². The number of carbonyl (C=O) groups excluding carboxylic acids is 1. The topological polar surface area (TPSA) is 110 Å². The van der Waals surface area contributed by atoms with Gasteiger partial charge in [-0.15, -0.1) is 0 Å². The fourth-order valence-electron chi connectivity index (χ4n) is 1.42. The van der Waals surface area contributed by atoms with Gasteiger partial charge in [-0.05, 0) is 42.5 Å². The number of nitro groups is 1. The minimum Gasteiger partial charge on any atom is -0.481 e. The van der Waals surface area contributed by atoms with E-state index in [0.29, 0.717) is 3.57 Å². The van der Waals surface area contributed by atoms with E-state index in [4.69, 9.17) is 5.11 Å². The summed E-state index contributed by atoms with van der Waals surface area (Å²) in [5.41, 5.74) is -0.0289. The van der Waals surface area contributed by atoms with Crippen molar-refractivity contribution in [3.63, 3.8) is 0 Å². The molecule has 0 fully saturated rings. The van der Waals surface area contributed by atoms with E-state index in [1.807, 2.05) is 22.6 Å². The summed E-state index contributed by atoms with van der Waals surface area (Å²) in [6, 6.07) is 3.37. The van der Waals surface area contributed by atoms with Crippen LogP contribution in [0.5, 0.6) is 0 Å². The lowest BCUT2D eigenvalue weighted by Gasteiger charge is -2.18. The largest absolute Gasteiger partial charge is 0.481 e. The van der Waals surface area contributed by atoms with Gasteiger partial charge in [0.1, 0.15) is 0 Å². The van der Waals surface area contributed by atoms with Crippen LogP contribution in [0, 0.1) is 19.6 Å². The van der Waals surface area contributed by atoms with Crippen molar-refractivity contribution < 1.29 is 19.6 Å². The Morgan fingerprint density at radius 3 is 2.50 bits per heavy atom. The van der Waals surface area contributed by atoms with Gasteiger partial charge in [0.05, 0.1) is 16.4 Å². The van der Waals surface area contributed by atoms with Crippen molar-refractivity contribution in [2.45, 2.75) is 19.9 Å². The lowest BCUT2D eigenvalue weighted by molar-refractivity contribution is -0.384. The maximum Gasteiger partial charge on any atom is 0.308 e. The fourth-order valence-corrected chi connectivity index (χ4v) is 2.00. The molecule has 1 amide bonds. The van der Waals surface area contributed by atoms with Crippen molar-refractivity contribution >= 4 is 40.2 Å². The quantitative estimate of drug-likeness (QED) is 0.453. The maximum absolute atomic E-state index is 12.0. The Hall–Kier alpha value is -1.71. The van der Waals surface area contributed by atoms with Crippen molar-refractivity contribution in [1.82, 2.24) is 5.32 Å². The van der Waals surface area contributed by atoms with Crippen molar-refractivity contribution in [2.75, 3.05) is 0 Å². The lowest BCUT2D eigenvalue weighted by atomic mass is 10.0. The number of nitrogens with one attached hydrogen (secondary N) is 1. The molecule has 2 unspecified atom stereocenters. The molecular formula is C12H13IN2O5. The van der Waals surface area contributed by atoms with Crippen molar-refractivity contribution in [3.05, 3.63) is 37.4 Å². The molecular weight excluding hydrogens is 379 g/mol. The van der Waals surface area contributed by atoms with E-state index in [2.05, 4.69) is 5.32 Å². The molecule has 108 valence electrons. The molecule has 1 rings (SSSR count). The summed E-state index contributed by atoms with van der Waals surface area (Å²) in [6.07, 6.45) is 0. The molecule has 0 bridgehead atoms. The first-order valence-electron chi connectivity index (χ1n) is 5.71. The molecule has 20 heavy (non-hydrogen) atoms. The Labute approximate surface area is 128 Å². The van der Waals surface area contributed by atoms with Crippen molar-refractivity contribution in [2.24, 2.45) is 5.92 Å². The van der Waals surface area contributed by atoms with Gasteiger partial charge in [-0.2, -0.15) is 0 Å². The standard InChI is InChI=1S/C12H13IN2O5/c1-6(12(17)18)7(2)14-11(16)9-5-8(15(19)20)3-4-10(9)13/h3-7H,1-2H3,(H,14,16)(H,17,18). The Balaban J connectivity index is 2.95. The smallest absolute Gasteiger partial charge is 0.308 e. The first kappa shape index (κ1) is 16.3. The van der Waals surface area contributed by atoms with Crippen LogP contribution in [0.3, 0.4) is 0 Å². The summed E-state index contributed by atoms with van der Waals surface area (Å²) in [7, 11) is 0. The van der Waals surface area contributed by atoms with Gasteiger partial charge in [0.2, 0.25) is 0 Å². The number of hydrogen-bond acceptors (Lipinski definition) is 4. The third-order valence-corrected chi connectivity index (χ3v) is 3.84. The molecule has 0 aliphatic heterocycles. The number of non-ortho nitro benzene ring substituents is 1. The van der Waals surface area contributed by atoms with E-state index in [0.717, 1.165) is 0 Å². The number of carboxylic acid groups (broad SMARTS) is 1. The molecule has 0 aliphatic rings. The number of carboxylic acids is 1. The molecule has 2 N–H and O–H groups in total. The van der Waals surface area contributed by atoms with Gasteiger partial charge in [-0.1, -0.05) is 0 Å². The molecule has 0 radical (unpaired) electrons. The Morgan fingerprint density at radius 1 is 1.40 bits per heavy atom. The van der Waals surface area contributed by atoms with Gasteiger partial charge >= 0.3 is 5.97 Å². The summed E-state index contributed by atoms with van der Waals surface area (Å²) in [5.74, 6) is -2.31. The second-order valence-corrected chi connectivity index (χ2v) is 5.47. The molecule has 8 heteroatoms. The minimum atomic E-state index is -1.02. The average Bonchev–Trinajstić information content (AvgIpc) is 2.37. The maximum atomic E-state index is 12.0. The number of nitro benzene ring substituents is 1. The first-order valence-corrected chi connectivity index (χ1v) is 6.79. The highest BCUT2D eigenvalue weighted by Crippen LogP contribution is 2.20. The number of halogens is 1. The number of hydrogen-bond donors (Lipinski definition) is 2. The molecule has 0 saturated carbocycles. The van der Waals surface area contributed by atoms with Gasteiger partial charge in [-0.25, -0.2) is 0 Å². The average molecular weight is 392 g/mol. The normalized spacial score (nSPS) is 13.3. The second kappa shape index (κ2) is 6.64. The van der Waals surface area contributed by atoms with Gasteiger partial charge in [-0.3, -0.25) is 19.7 Å². The summed E-state index contributed by atoms with van der Waals surface area (Å²) in [4.78, 5) is 33.0. The van der Waals surface area contributed by atoms with Gasteiger partial charge in [0, 0.05) is 21.7 Å². The second-order valence-electron chi connectivity index (χ2n) is 4.31. The van der Waals surface area contributed by atoms with E-state index in [9.17, 15) is 19.7 Å². The van der Waals surface area contributed by atoms with Gasteiger partial charge in [0.15, 0.2) is 0 Å². The predicted octanol–water partition coefficient (Wildman–Crippen LogP) is 2.04. The monoisotopic (exact) mass is 392 g/mol. The van der Waals surface area contributed by atoms with E-state index in [1.165, 1.54) is 25.1 Å². The number of benzene rings is 1. The third kappa shape index (κ3) is 3.89. The zero-order chi connectivity index (χ0) is 15.4. The fraction of sp³-hybridized carbons (Fsp3) is 0.333. The number of amides is 1. The van der Waals surface area contributed by atoms with Crippen LogP contribution in [0.1, 0.15) is 24.2 Å². The number of rotatable bonds is 5.